The molecule has 4 rings (SSSR count). The van der Waals surface area contributed by atoms with Crippen molar-refractivity contribution in [1.82, 2.24) is 14.3 Å². The predicted octanol–water partition coefficient (Wildman–Crippen LogP) is 3.48. The summed E-state index contributed by atoms with van der Waals surface area (Å²) in [6.07, 6.45) is 5.83. The van der Waals surface area contributed by atoms with E-state index in [2.05, 4.69) is 51.9 Å². The average molecular weight is 362 g/mol. The SMILES string of the molecule is NC(=O)CCC1CCCN(Cc2c(-c3ccccc3)nc3ccccn23)C1. The van der Waals surface area contributed by atoms with Gasteiger partial charge in [-0.15, -0.1) is 0 Å². The summed E-state index contributed by atoms with van der Waals surface area (Å²) in [6.45, 7) is 2.96. The molecule has 0 aliphatic carbocycles. The van der Waals surface area contributed by atoms with Crippen LogP contribution in [0.4, 0.5) is 0 Å². The molecule has 0 radical (unpaired) electrons. The lowest BCUT2D eigenvalue weighted by Crippen LogP contribution is -2.35. The van der Waals surface area contributed by atoms with Crippen LogP contribution in [-0.2, 0) is 11.3 Å². The van der Waals surface area contributed by atoms with Crippen LogP contribution in [0.25, 0.3) is 16.9 Å². The molecule has 1 aliphatic heterocycles. The fraction of sp³-hybridized carbons (Fsp3) is 0.364. The van der Waals surface area contributed by atoms with E-state index in [0.717, 1.165) is 43.0 Å². The molecule has 3 heterocycles. The predicted molar refractivity (Wildman–Crippen MR) is 107 cm³/mol. The van der Waals surface area contributed by atoms with Crippen LogP contribution in [0.15, 0.2) is 54.7 Å². The van der Waals surface area contributed by atoms with Gasteiger partial charge in [0.2, 0.25) is 5.91 Å². The van der Waals surface area contributed by atoms with Crippen LogP contribution in [0, 0.1) is 5.92 Å². The molecule has 1 aliphatic rings. The van der Waals surface area contributed by atoms with Crippen molar-refractivity contribution in [2.24, 2.45) is 11.7 Å². The second kappa shape index (κ2) is 7.92. The van der Waals surface area contributed by atoms with Crippen molar-refractivity contribution >= 4 is 11.6 Å². The molecule has 3 aromatic rings. The molecule has 1 saturated heterocycles. The Balaban J connectivity index is 1.60. The Labute approximate surface area is 159 Å². The maximum atomic E-state index is 11.1. The first-order valence-corrected chi connectivity index (χ1v) is 9.73. The fourth-order valence-electron chi connectivity index (χ4n) is 4.11. The van der Waals surface area contributed by atoms with Crippen LogP contribution >= 0.6 is 0 Å². The van der Waals surface area contributed by atoms with Crippen molar-refractivity contribution in [3.8, 4) is 11.3 Å². The first-order chi connectivity index (χ1) is 13.2. The number of benzene rings is 1. The summed E-state index contributed by atoms with van der Waals surface area (Å²) < 4.78 is 2.20. The minimum Gasteiger partial charge on any atom is -0.370 e. The molecule has 1 aromatic carbocycles. The summed E-state index contributed by atoms with van der Waals surface area (Å²) in [4.78, 5) is 18.5. The number of rotatable bonds is 6. The molecule has 1 unspecified atom stereocenters. The third kappa shape index (κ3) is 4.03. The van der Waals surface area contributed by atoms with Crippen molar-refractivity contribution < 1.29 is 4.79 Å². The van der Waals surface area contributed by atoms with Gasteiger partial charge in [-0.2, -0.15) is 0 Å². The molecule has 0 bridgehead atoms. The lowest BCUT2D eigenvalue weighted by atomic mass is 9.93. The van der Waals surface area contributed by atoms with Crippen molar-refractivity contribution in [2.75, 3.05) is 13.1 Å². The van der Waals surface area contributed by atoms with Gasteiger partial charge in [0.1, 0.15) is 5.65 Å². The van der Waals surface area contributed by atoms with Gasteiger partial charge in [0.05, 0.1) is 11.4 Å². The maximum Gasteiger partial charge on any atom is 0.217 e. The van der Waals surface area contributed by atoms with Crippen LogP contribution in [-0.4, -0.2) is 33.3 Å². The van der Waals surface area contributed by atoms with E-state index in [0.29, 0.717) is 12.3 Å². The molecule has 2 aromatic heterocycles. The van der Waals surface area contributed by atoms with E-state index in [1.165, 1.54) is 18.5 Å². The van der Waals surface area contributed by atoms with Gasteiger partial charge in [0.15, 0.2) is 0 Å². The molecular formula is C22H26N4O. The maximum absolute atomic E-state index is 11.1. The van der Waals surface area contributed by atoms with Gasteiger partial charge in [-0.05, 0) is 43.9 Å². The third-order valence-electron chi connectivity index (χ3n) is 5.45. The highest BCUT2D eigenvalue weighted by atomic mass is 16.1. The number of hydrogen-bond donors (Lipinski definition) is 1. The molecule has 1 fully saturated rings. The average Bonchev–Trinajstić information content (AvgIpc) is 3.06. The second-order valence-electron chi connectivity index (χ2n) is 7.45. The van der Waals surface area contributed by atoms with Gasteiger partial charge in [-0.25, -0.2) is 4.98 Å². The number of likely N-dealkylation sites (tertiary alicyclic amines) is 1. The minimum atomic E-state index is -0.194. The zero-order valence-electron chi connectivity index (χ0n) is 15.6. The van der Waals surface area contributed by atoms with Gasteiger partial charge in [-0.1, -0.05) is 36.4 Å². The minimum absolute atomic E-state index is 0.194. The van der Waals surface area contributed by atoms with Crippen LogP contribution in [0.3, 0.4) is 0 Å². The van der Waals surface area contributed by atoms with E-state index >= 15 is 0 Å². The van der Waals surface area contributed by atoms with E-state index in [-0.39, 0.29) is 5.91 Å². The Morgan fingerprint density at radius 2 is 1.96 bits per heavy atom. The zero-order chi connectivity index (χ0) is 18.6. The smallest absolute Gasteiger partial charge is 0.217 e. The van der Waals surface area contributed by atoms with Crippen LogP contribution in [0.5, 0.6) is 0 Å². The summed E-state index contributed by atoms with van der Waals surface area (Å²) >= 11 is 0. The standard InChI is InChI=1S/C22H26N4O/c23-20(27)12-11-17-7-6-13-25(15-17)16-19-22(18-8-2-1-3-9-18)24-21-10-4-5-14-26(19)21/h1-5,8-10,14,17H,6-7,11-13,15-16H2,(H2,23,27). The van der Waals surface area contributed by atoms with Crippen LogP contribution in [0.2, 0.25) is 0 Å². The van der Waals surface area contributed by atoms with Crippen molar-refractivity contribution in [3.05, 3.63) is 60.4 Å². The number of primary amides is 1. The number of piperidine rings is 1. The normalized spacial score (nSPS) is 18.0. The highest BCUT2D eigenvalue weighted by molar-refractivity contribution is 5.73. The number of amides is 1. The number of hydrogen-bond acceptors (Lipinski definition) is 3. The first kappa shape index (κ1) is 17.7. The lowest BCUT2D eigenvalue weighted by Gasteiger charge is -2.32. The summed E-state index contributed by atoms with van der Waals surface area (Å²) in [7, 11) is 0. The van der Waals surface area contributed by atoms with Crippen molar-refractivity contribution in [2.45, 2.75) is 32.2 Å². The van der Waals surface area contributed by atoms with E-state index in [1.807, 2.05) is 12.1 Å². The number of aromatic nitrogens is 2. The molecule has 1 amide bonds. The molecule has 0 spiro atoms. The highest BCUT2D eigenvalue weighted by Crippen LogP contribution is 2.28. The highest BCUT2D eigenvalue weighted by Gasteiger charge is 2.23. The van der Waals surface area contributed by atoms with Gasteiger partial charge in [-0.3, -0.25) is 9.69 Å². The molecule has 140 valence electrons. The van der Waals surface area contributed by atoms with Gasteiger partial charge < -0.3 is 10.1 Å². The summed E-state index contributed by atoms with van der Waals surface area (Å²) in [5, 5.41) is 0. The van der Waals surface area contributed by atoms with Gasteiger partial charge in [0.25, 0.3) is 0 Å². The van der Waals surface area contributed by atoms with E-state index in [9.17, 15) is 4.79 Å². The number of nitrogens with two attached hydrogens (primary N) is 1. The molecule has 0 saturated carbocycles. The molecule has 5 nitrogen and oxygen atoms in total. The second-order valence-corrected chi connectivity index (χ2v) is 7.45. The zero-order valence-corrected chi connectivity index (χ0v) is 15.6. The summed E-state index contributed by atoms with van der Waals surface area (Å²) in [6, 6.07) is 16.5. The van der Waals surface area contributed by atoms with Gasteiger partial charge >= 0.3 is 0 Å². The number of fused-ring (bicyclic) bond motifs is 1. The molecule has 2 N–H and O–H groups in total. The van der Waals surface area contributed by atoms with E-state index < -0.39 is 0 Å². The quantitative estimate of drug-likeness (QED) is 0.730. The molecule has 5 heteroatoms. The van der Waals surface area contributed by atoms with Gasteiger partial charge in [0, 0.05) is 31.3 Å². The Morgan fingerprint density at radius 1 is 1.15 bits per heavy atom. The topological polar surface area (TPSA) is 63.6 Å². The summed E-state index contributed by atoms with van der Waals surface area (Å²) in [5.41, 5.74) is 9.75. The lowest BCUT2D eigenvalue weighted by molar-refractivity contribution is -0.118. The van der Waals surface area contributed by atoms with Crippen LogP contribution in [0.1, 0.15) is 31.4 Å². The van der Waals surface area contributed by atoms with Crippen LogP contribution < -0.4 is 5.73 Å². The van der Waals surface area contributed by atoms with Crippen molar-refractivity contribution in [1.29, 1.82) is 0 Å². The Morgan fingerprint density at radius 3 is 2.78 bits per heavy atom. The number of carbonyl (C=O) groups is 1. The Bertz CT molecular complexity index is 918. The van der Waals surface area contributed by atoms with E-state index in [1.54, 1.807) is 0 Å². The number of imidazole rings is 1. The number of nitrogens with zero attached hydrogens (tertiary/aromatic N) is 3. The van der Waals surface area contributed by atoms with Crippen molar-refractivity contribution in [3.63, 3.8) is 0 Å². The fourth-order valence-corrected chi connectivity index (χ4v) is 4.11. The van der Waals surface area contributed by atoms with E-state index in [4.69, 9.17) is 10.7 Å². The number of pyridine rings is 1. The molecule has 1 atom stereocenters. The third-order valence-corrected chi connectivity index (χ3v) is 5.45. The molecule has 27 heavy (non-hydrogen) atoms. The largest absolute Gasteiger partial charge is 0.370 e. The Hall–Kier alpha value is -2.66. The monoisotopic (exact) mass is 362 g/mol. The first-order valence-electron chi connectivity index (χ1n) is 9.73. The molecular weight excluding hydrogens is 336 g/mol. The summed E-state index contributed by atoms with van der Waals surface area (Å²) in [5.74, 6) is 0.353. The number of carbonyl (C=O) groups excluding carboxylic acids is 1. The Kier molecular flexibility index (Phi) is 5.21.